The summed E-state index contributed by atoms with van der Waals surface area (Å²) in [5.41, 5.74) is 2.89. The van der Waals surface area contributed by atoms with Gasteiger partial charge in [0.15, 0.2) is 0 Å². The Morgan fingerprint density at radius 2 is 1.91 bits per heavy atom. The van der Waals surface area contributed by atoms with E-state index in [1.165, 1.54) is 31.2 Å². The van der Waals surface area contributed by atoms with E-state index in [4.69, 9.17) is 0 Å². The van der Waals surface area contributed by atoms with Gasteiger partial charge < -0.3 is 5.32 Å². The summed E-state index contributed by atoms with van der Waals surface area (Å²) >= 11 is 0. The first-order valence-corrected chi connectivity index (χ1v) is 8.30. The minimum Gasteiger partial charge on any atom is -0.382 e. The van der Waals surface area contributed by atoms with Gasteiger partial charge in [0.05, 0.1) is 5.69 Å². The lowest BCUT2D eigenvalue weighted by atomic mass is 9.87. The minimum absolute atomic E-state index is 0.330. The Morgan fingerprint density at radius 1 is 1.09 bits per heavy atom. The Kier molecular flexibility index (Phi) is 3.59. The van der Waals surface area contributed by atoms with Crippen LogP contribution in [0.3, 0.4) is 0 Å². The molecule has 2 saturated heterocycles. The Hall–Kier alpha value is -1.87. The molecule has 1 aromatic carbocycles. The van der Waals surface area contributed by atoms with E-state index in [1.54, 1.807) is 0 Å². The minimum atomic E-state index is 0.330. The summed E-state index contributed by atoms with van der Waals surface area (Å²) in [5.74, 6) is 0. The largest absolute Gasteiger partial charge is 0.382 e. The second-order valence-electron chi connectivity index (χ2n) is 6.66. The third kappa shape index (κ3) is 2.50. The molecule has 2 aliphatic rings. The molecule has 0 amide bonds. The van der Waals surface area contributed by atoms with Crippen LogP contribution in [0, 0.1) is 0 Å². The molecule has 22 heavy (non-hydrogen) atoms. The van der Waals surface area contributed by atoms with Crippen LogP contribution >= 0.6 is 0 Å². The van der Waals surface area contributed by atoms with Gasteiger partial charge >= 0.3 is 0 Å². The molecule has 0 saturated carbocycles. The van der Waals surface area contributed by atoms with Gasteiger partial charge in [-0.3, -0.25) is 9.88 Å². The second kappa shape index (κ2) is 5.73. The molecule has 4 rings (SSSR count). The summed E-state index contributed by atoms with van der Waals surface area (Å²) in [5, 5.41) is 3.62. The standard InChI is InChI=1S/C19H23N3/c1-2-5-16(6-3-1)14-22-18-8-10-19(22,11-9-18)15-21-17-7-4-12-20-13-17/h1-7,12-13,18,21H,8-11,14-15H2. The maximum atomic E-state index is 4.20. The van der Waals surface area contributed by atoms with E-state index in [-0.39, 0.29) is 0 Å². The molecule has 3 nitrogen and oxygen atoms in total. The van der Waals surface area contributed by atoms with Crippen LogP contribution in [0.4, 0.5) is 5.69 Å². The van der Waals surface area contributed by atoms with Gasteiger partial charge in [0.25, 0.3) is 0 Å². The molecule has 0 atom stereocenters. The molecule has 1 aromatic heterocycles. The second-order valence-corrected chi connectivity index (χ2v) is 6.66. The van der Waals surface area contributed by atoms with Gasteiger partial charge in [-0.05, 0) is 43.4 Å². The fraction of sp³-hybridized carbons (Fsp3) is 0.421. The lowest BCUT2D eigenvalue weighted by Gasteiger charge is -2.35. The van der Waals surface area contributed by atoms with Gasteiger partial charge in [0.1, 0.15) is 0 Å². The number of nitrogens with zero attached hydrogens (tertiary/aromatic N) is 2. The van der Waals surface area contributed by atoms with Crippen LogP contribution in [-0.2, 0) is 6.54 Å². The van der Waals surface area contributed by atoms with E-state index in [2.05, 4.69) is 51.6 Å². The summed E-state index contributed by atoms with van der Waals surface area (Å²) in [6.07, 6.45) is 9.07. The lowest BCUT2D eigenvalue weighted by Crippen LogP contribution is -2.46. The van der Waals surface area contributed by atoms with E-state index in [9.17, 15) is 0 Å². The van der Waals surface area contributed by atoms with Gasteiger partial charge in [-0.25, -0.2) is 0 Å². The number of nitrogens with one attached hydrogen (secondary N) is 1. The van der Waals surface area contributed by atoms with Crippen LogP contribution in [0.15, 0.2) is 54.9 Å². The van der Waals surface area contributed by atoms with Crippen molar-refractivity contribution in [3.05, 3.63) is 60.4 Å². The Labute approximate surface area is 132 Å². The van der Waals surface area contributed by atoms with Gasteiger partial charge in [0, 0.05) is 37.1 Å². The van der Waals surface area contributed by atoms with E-state index in [0.717, 1.165) is 24.8 Å². The normalized spacial score (nSPS) is 27.2. The summed E-state index contributed by atoms with van der Waals surface area (Å²) in [4.78, 5) is 6.96. The van der Waals surface area contributed by atoms with Crippen LogP contribution < -0.4 is 5.32 Å². The highest BCUT2D eigenvalue weighted by Gasteiger charge is 2.50. The van der Waals surface area contributed by atoms with E-state index in [1.807, 2.05) is 18.5 Å². The number of aromatic nitrogens is 1. The summed E-state index contributed by atoms with van der Waals surface area (Å²) in [7, 11) is 0. The van der Waals surface area contributed by atoms with Gasteiger partial charge in [0.2, 0.25) is 0 Å². The summed E-state index contributed by atoms with van der Waals surface area (Å²) in [6.45, 7) is 2.11. The molecular weight excluding hydrogens is 270 g/mol. The van der Waals surface area contributed by atoms with Gasteiger partial charge in [-0.15, -0.1) is 0 Å². The fourth-order valence-electron chi connectivity index (χ4n) is 4.22. The molecule has 0 unspecified atom stereocenters. The van der Waals surface area contributed by atoms with Crippen molar-refractivity contribution in [1.82, 2.24) is 9.88 Å². The van der Waals surface area contributed by atoms with Crippen molar-refractivity contribution < 1.29 is 0 Å². The zero-order chi connectivity index (χ0) is 14.8. The van der Waals surface area contributed by atoms with Crippen LogP contribution in [-0.4, -0.2) is 28.0 Å². The van der Waals surface area contributed by atoms with Crippen molar-refractivity contribution in [3.8, 4) is 0 Å². The van der Waals surface area contributed by atoms with Crippen LogP contribution in [0.25, 0.3) is 0 Å². The molecule has 1 N–H and O–H groups in total. The van der Waals surface area contributed by atoms with E-state index < -0.39 is 0 Å². The molecule has 114 valence electrons. The first kappa shape index (κ1) is 13.8. The predicted octanol–water partition coefficient (Wildman–Crippen LogP) is 3.69. The Balaban J connectivity index is 1.49. The van der Waals surface area contributed by atoms with Crippen molar-refractivity contribution in [2.75, 3.05) is 11.9 Å². The molecule has 0 radical (unpaired) electrons. The monoisotopic (exact) mass is 293 g/mol. The number of fused-ring (bicyclic) bond motifs is 2. The zero-order valence-electron chi connectivity index (χ0n) is 12.9. The zero-order valence-corrected chi connectivity index (χ0v) is 12.9. The number of hydrogen-bond acceptors (Lipinski definition) is 3. The fourth-order valence-corrected chi connectivity index (χ4v) is 4.22. The topological polar surface area (TPSA) is 28.2 Å². The van der Waals surface area contributed by atoms with Crippen molar-refractivity contribution in [2.45, 2.75) is 43.8 Å². The van der Waals surface area contributed by atoms with Crippen molar-refractivity contribution >= 4 is 5.69 Å². The first-order valence-electron chi connectivity index (χ1n) is 8.30. The van der Waals surface area contributed by atoms with Crippen LogP contribution in [0.5, 0.6) is 0 Å². The Morgan fingerprint density at radius 3 is 2.64 bits per heavy atom. The number of rotatable bonds is 5. The quantitative estimate of drug-likeness (QED) is 0.911. The molecule has 3 heteroatoms. The molecule has 2 bridgehead atoms. The number of hydrogen-bond donors (Lipinski definition) is 1. The number of benzene rings is 1. The van der Waals surface area contributed by atoms with E-state index in [0.29, 0.717) is 5.54 Å². The molecule has 0 spiro atoms. The van der Waals surface area contributed by atoms with Gasteiger partial charge in [-0.2, -0.15) is 0 Å². The highest BCUT2D eigenvalue weighted by molar-refractivity contribution is 5.40. The van der Waals surface area contributed by atoms with Crippen molar-refractivity contribution in [2.24, 2.45) is 0 Å². The average molecular weight is 293 g/mol. The Bertz CT molecular complexity index is 603. The maximum Gasteiger partial charge on any atom is 0.0527 e. The highest BCUT2D eigenvalue weighted by atomic mass is 15.3. The first-order chi connectivity index (χ1) is 10.9. The third-order valence-electron chi connectivity index (χ3n) is 5.41. The van der Waals surface area contributed by atoms with Crippen molar-refractivity contribution in [1.29, 1.82) is 0 Å². The van der Waals surface area contributed by atoms with Crippen LogP contribution in [0.1, 0.15) is 31.2 Å². The molecule has 2 aromatic rings. The summed E-state index contributed by atoms with van der Waals surface area (Å²) in [6, 6.07) is 15.8. The number of anilines is 1. The molecule has 2 fully saturated rings. The van der Waals surface area contributed by atoms with E-state index >= 15 is 0 Å². The number of pyridine rings is 1. The average Bonchev–Trinajstić information content (AvgIpc) is 3.10. The van der Waals surface area contributed by atoms with Gasteiger partial charge in [-0.1, -0.05) is 30.3 Å². The smallest absolute Gasteiger partial charge is 0.0527 e. The molecule has 0 aliphatic carbocycles. The molecule has 3 heterocycles. The lowest BCUT2D eigenvalue weighted by molar-refractivity contribution is 0.156. The predicted molar refractivity (Wildman–Crippen MR) is 89.7 cm³/mol. The maximum absolute atomic E-state index is 4.20. The SMILES string of the molecule is c1ccc(CN2C3CCC2(CNc2cccnc2)CC3)cc1. The van der Waals surface area contributed by atoms with Crippen LogP contribution in [0.2, 0.25) is 0 Å². The highest BCUT2D eigenvalue weighted by Crippen LogP contribution is 2.47. The molecule has 2 aliphatic heterocycles. The molecular formula is C19H23N3. The summed E-state index contributed by atoms with van der Waals surface area (Å²) < 4.78 is 0. The third-order valence-corrected chi connectivity index (χ3v) is 5.41. The van der Waals surface area contributed by atoms with Crippen molar-refractivity contribution in [3.63, 3.8) is 0 Å².